The topological polar surface area (TPSA) is 26.3 Å². The molecule has 0 amide bonds. The van der Waals surface area contributed by atoms with E-state index < -0.39 is 0 Å². The molecular formula is C16H30O2. The summed E-state index contributed by atoms with van der Waals surface area (Å²) < 4.78 is 4.61. The van der Waals surface area contributed by atoms with Crippen LogP contribution < -0.4 is 0 Å². The molecule has 0 N–H and O–H groups in total. The van der Waals surface area contributed by atoms with Crippen LogP contribution in [-0.4, -0.2) is 13.1 Å². The number of carbonyl (C=O) groups is 1. The molecule has 0 aliphatic carbocycles. The minimum atomic E-state index is -0.238. The van der Waals surface area contributed by atoms with Crippen LogP contribution in [0.1, 0.15) is 66.2 Å². The molecule has 106 valence electrons. The fourth-order valence-corrected chi connectivity index (χ4v) is 2.08. The Labute approximate surface area is 113 Å². The zero-order chi connectivity index (χ0) is 14.0. The van der Waals surface area contributed by atoms with Crippen molar-refractivity contribution in [2.24, 2.45) is 11.8 Å². The highest BCUT2D eigenvalue weighted by Gasteiger charge is 2.04. The van der Waals surface area contributed by atoms with E-state index in [2.05, 4.69) is 25.5 Å². The largest absolute Gasteiger partial charge is 0.466 e. The fourth-order valence-electron chi connectivity index (χ4n) is 2.08. The lowest BCUT2D eigenvalue weighted by atomic mass is 9.94. The third-order valence-electron chi connectivity index (χ3n) is 3.31. The van der Waals surface area contributed by atoms with Gasteiger partial charge in [0, 0.05) is 6.08 Å². The zero-order valence-electron chi connectivity index (χ0n) is 12.8. The van der Waals surface area contributed by atoms with Gasteiger partial charge in [0.25, 0.3) is 0 Å². The number of methoxy groups -OCH3 is 1. The summed E-state index contributed by atoms with van der Waals surface area (Å²) in [7, 11) is 1.42. The number of hydrogen-bond acceptors (Lipinski definition) is 2. The Hall–Kier alpha value is -0.790. The lowest BCUT2D eigenvalue weighted by Gasteiger charge is -2.12. The van der Waals surface area contributed by atoms with Crippen LogP contribution in [0.4, 0.5) is 0 Å². The van der Waals surface area contributed by atoms with E-state index in [1.807, 2.05) is 6.92 Å². The maximum atomic E-state index is 11.0. The summed E-state index contributed by atoms with van der Waals surface area (Å²) in [4.78, 5) is 11.0. The molecule has 0 saturated carbocycles. The van der Waals surface area contributed by atoms with Crippen molar-refractivity contribution >= 4 is 5.97 Å². The van der Waals surface area contributed by atoms with Crippen LogP contribution in [0, 0.1) is 11.8 Å². The Morgan fingerprint density at radius 1 is 1.11 bits per heavy atom. The van der Waals surface area contributed by atoms with Gasteiger partial charge in [0.1, 0.15) is 0 Å². The van der Waals surface area contributed by atoms with Gasteiger partial charge >= 0.3 is 5.97 Å². The van der Waals surface area contributed by atoms with E-state index in [1.165, 1.54) is 39.2 Å². The Morgan fingerprint density at radius 3 is 2.28 bits per heavy atom. The second kappa shape index (κ2) is 10.2. The first kappa shape index (κ1) is 17.2. The van der Waals surface area contributed by atoms with Crippen molar-refractivity contribution in [3.8, 4) is 0 Å². The van der Waals surface area contributed by atoms with Gasteiger partial charge in [0.05, 0.1) is 7.11 Å². The lowest BCUT2D eigenvalue weighted by molar-refractivity contribution is -0.134. The summed E-state index contributed by atoms with van der Waals surface area (Å²) in [6.07, 6.45) is 9.04. The molecule has 1 atom stereocenters. The van der Waals surface area contributed by atoms with Crippen LogP contribution in [0.15, 0.2) is 11.6 Å². The van der Waals surface area contributed by atoms with E-state index in [-0.39, 0.29) is 5.97 Å². The first-order valence-electron chi connectivity index (χ1n) is 7.20. The van der Waals surface area contributed by atoms with Crippen molar-refractivity contribution in [3.05, 3.63) is 11.6 Å². The molecule has 0 spiro atoms. The van der Waals surface area contributed by atoms with Crippen molar-refractivity contribution < 1.29 is 9.53 Å². The van der Waals surface area contributed by atoms with E-state index in [9.17, 15) is 4.79 Å². The summed E-state index contributed by atoms with van der Waals surface area (Å²) in [5.41, 5.74) is 1.12. The smallest absolute Gasteiger partial charge is 0.330 e. The average Bonchev–Trinajstić information content (AvgIpc) is 2.28. The molecule has 0 aliphatic rings. The van der Waals surface area contributed by atoms with Gasteiger partial charge in [-0.05, 0) is 31.6 Å². The number of allylic oxidation sites excluding steroid dienone is 1. The zero-order valence-corrected chi connectivity index (χ0v) is 12.8. The normalized spacial score (nSPS) is 13.8. The maximum Gasteiger partial charge on any atom is 0.330 e. The SMILES string of the molecule is COC(=O)/C=C(\C)CCCC(C)CCCC(C)C. The summed E-state index contributed by atoms with van der Waals surface area (Å²) in [6.45, 7) is 8.90. The van der Waals surface area contributed by atoms with E-state index >= 15 is 0 Å². The monoisotopic (exact) mass is 254 g/mol. The highest BCUT2D eigenvalue weighted by molar-refractivity contribution is 5.82. The number of rotatable bonds is 9. The third-order valence-corrected chi connectivity index (χ3v) is 3.31. The lowest BCUT2D eigenvalue weighted by Crippen LogP contribution is -1.98. The quantitative estimate of drug-likeness (QED) is 0.439. The summed E-state index contributed by atoms with van der Waals surface area (Å²) in [5.74, 6) is 1.38. The van der Waals surface area contributed by atoms with Crippen LogP contribution in [0.25, 0.3) is 0 Å². The number of carbonyl (C=O) groups excluding carboxylic acids is 1. The Morgan fingerprint density at radius 2 is 1.72 bits per heavy atom. The molecule has 0 saturated heterocycles. The second-order valence-corrected chi connectivity index (χ2v) is 5.84. The molecule has 2 nitrogen and oxygen atoms in total. The van der Waals surface area contributed by atoms with Crippen LogP contribution in [0.3, 0.4) is 0 Å². The molecule has 0 aliphatic heterocycles. The Kier molecular flexibility index (Phi) is 9.72. The summed E-state index contributed by atoms with van der Waals surface area (Å²) in [5, 5.41) is 0. The standard InChI is InChI=1S/C16H30O2/c1-13(2)8-6-9-14(3)10-7-11-15(4)12-16(17)18-5/h12-14H,6-11H2,1-5H3/b15-12+. The third kappa shape index (κ3) is 10.4. The van der Waals surface area contributed by atoms with Gasteiger partial charge in [-0.25, -0.2) is 4.79 Å². The van der Waals surface area contributed by atoms with Gasteiger partial charge in [0.15, 0.2) is 0 Å². The van der Waals surface area contributed by atoms with E-state index in [0.717, 1.165) is 23.8 Å². The minimum absolute atomic E-state index is 0.238. The molecular weight excluding hydrogens is 224 g/mol. The van der Waals surface area contributed by atoms with Crippen molar-refractivity contribution in [2.75, 3.05) is 7.11 Å². The van der Waals surface area contributed by atoms with Crippen molar-refractivity contribution in [3.63, 3.8) is 0 Å². The highest BCUT2D eigenvalue weighted by Crippen LogP contribution is 2.18. The van der Waals surface area contributed by atoms with Gasteiger partial charge in [-0.3, -0.25) is 0 Å². The molecule has 2 heteroatoms. The maximum absolute atomic E-state index is 11.0. The average molecular weight is 254 g/mol. The van der Waals surface area contributed by atoms with E-state index in [1.54, 1.807) is 6.08 Å². The van der Waals surface area contributed by atoms with E-state index in [4.69, 9.17) is 0 Å². The van der Waals surface area contributed by atoms with Gasteiger partial charge < -0.3 is 4.74 Å². The molecule has 0 heterocycles. The molecule has 0 aromatic rings. The molecule has 18 heavy (non-hydrogen) atoms. The Bertz CT molecular complexity index is 254. The fraction of sp³-hybridized carbons (Fsp3) is 0.812. The summed E-state index contributed by atoms with van der Waals surface area (Å²) >= 11 is 0. The number of esters is 1. The first-order chi connectivity index (χ1) is 8.45. The summed E-state index contributed by atoms with van der Waals surface area (Å²) in [6, 6.07) is 0. The predicted molar refractivity (Wildman–Crippen MR) is 77.5 cm³/mol. The van der Waals surface area contributed by atoms with Crippen LogP contribution in [-0.2, 0) is 9.53 Å². The molecule has 0 fully saturated rings. The molecule has 1 unspecified atom stereocenters. The van der Waals surface area contributed by atoms with Crippen molar-refractivity contribution in [1.29, 1.82) is 0 Å². The van der Waals surface area contributed by atoms with Gasteiger partial charge in [-0.15, -0.1) is 0 Å². The second-order valence-electron chi connectivity index (χ2n) is 5.84. The number of ether oxygens (including phenoxy) is 1. The molecule has 0 aromatic carbocycles. The minimum Gasteiger partial charge on any atom is -0.466 e. The van der Waals surface area contributed by atoms with Crippen LogP contribution >= 0.6 is 0 Å². The Balaban J connectivity index is 3.64. The molecule has 0 radical (unpaired) electrons. The van der Waals surface area contributed by atoms with Crippen LogP contribution in [0.5, 0.6) is 0 Å². The first-order valence-corrected chi connectivity index (χ1v) is 7.20. The van der Waals surface area contributed by atoms with E-state index in [0.29, 0.717) is 0 Å². The van der Waals surface area contributed by atoms with Gasteiger partial charge in [-0.2, -0.15) is 0 Å². The molecule has 0 aromatic heterocycles. The number of hydrogen-bond donors (Lipinski definition) is 0. The molecule has 0 bridgehead atoms. The molecule has 0 rings (SSSR count). The van der Waals surface area contributed by atoms with Crippen molar-refractivity contribution in [2.45, 2.75) is 66.2 Å². The highest BCUT2D eigenvalue weighted by atomic mass is 16.5. The van der Waals surface area contributed by atoms with Gasteiger partial charge in [-0.1, -0.05) is 52.0 Å². The van der Waals surface area contributed by atoms with Crippen molar-refractivity contribution in [1.82, 2.24) is 0 Å². The van der Waals surface area contributed by atoms with Gasteiger partial charge in [0.2, 0.25) is 0 Å². The van der Waals surface area contributed by atoms with Crippen LogP contribution in [0.2, 0.25) is 0 Å². The predicted octanol–water partition coefficient (Wildman–Crippen LogP) is 4.74.